The van der Waals surface area contributed by atoms with Crippen LogP contribution in [-0.2, 0) is 23.9 Å². The normalized spacial score (nSPS) is 12.4. The van der Waals surface area contributed by atoms with Crippen molar-refractivity contribution in [1.82, 2.24) is 0 Å². The molecule has 0 fully saturated rings. The van der Waals surface area contributed by atoms with Crippen LogP contribution < -0.4 is 0 Å². The summed E-state index contributed by atoms with van der Waals surface area (Å²) in [5.74, 6) is 0. The zero-order valence-electron chi connectivity index (χ0n) is 19.0. The second-order valence-corrected chi connectivity index (χ2v) is 16.0. The first-order valence-electron chi connectivity index (χ1n) is 10.8. The van der Waals surface area contributed by atoms with E-state index in [-0.39, 0.29) is 0 Å². The maximum Gasteiger partial charge on any atom is 0.200 e. The largest absolute Gasteiger partial charge is 0.412 e. The van der Waals surface area contributed by atoms with Crippen molar-refractivity contribution in [2.75, 3.05) is 0 Å². The molecule has 0 aliphatic heterocycles. The molecule has 4 heteroatoms. The van der Waals surface area contributed by atoms with Crippen molar-refractivity contribution in [2.24, 2.45) is 0 Å². The van der Waals surface area contributed by atoms with Gasteiger partial charge in [0, 0.05) is 8.59 Å². The molecular formula is C25H36ClIOSi. The summed E-state index contributed by atoms with van der Waals surface area (Å²) in [4.78, 5) is 0. The highest BCUT2D eigenvalue weighted by Crippen LogP contribution is 2.43. The fourth-order valence-corrected chi connectivity index (χ4v) is 11.0. The Balaban J connectivity index is 2.21. The van der Waals surface area contributed by atoms with E-state index in [1.807, 2.05) is 0 Å². The molecule has 0 atom stereocenters. The van der Waals surface area contributed by atoms with E-state index >= 15 is 0 Å². The smallest absolute Gasteiger partial charge is 0.200 e. The van der Waals surface area contributed by atoms with Crippen molar-refractivity contribution in [3.63, 3.8) is 0 Å². The topological polar surface area (TPSA) is 9.23 Å². The lowest BCUT2D eigenvalue weighted by Crippen LogP contribution is -2.47. The van der Waals surface area contributed by atoms with Gasteiger partial charge >= 0.3 is 0 Å². The van der Waals surface area contributed by atoms with Gasteiger partial charge in [0.15, 0.2) is 0 Å². The third-order valence-corrected chi connectivity index (χ3v) is 13.6. The lowest BCUT2D eigenvalue weighted by molar-refractivity contribution is 0.265. The first kappa shape index (κ1) is 24.9. The number of halogens is 2. The van der Waals surface area contributed by atoms with E-state index in [4.69, 9.17) is 16.0 Å². The van der Waals surface area contributed by atoms with Crippen LogP contribution in [0.1, 0.15) is 70.7 Å². The maximum absolute atomic E-state index is 6.80. The lowest BCUT2D eigenvalue weighted by atomic mass is 10.0. The fraction of sp³-hybridized carbons (Fsp3) is 0.520. The van der Waals surface area contributed by atoms with Crippen molar-refractivity contribution in [2.45, 2.75) is 84.5 Å². The van der Waals surface area contributed by atoms with E-state index in [0.29, 0.717) is 23.2 Å². The molecular weight excluding hydrogens is 507 g/mol. The molecule has 0 spiro atoms. The fourth-order valence-electron chi connectivity index (χ4n) is 4.69. The van der Waals surface area contributed by atoms with Gasteiger partial charge in [-0.15, -0.1) is 0 Å². The standard InChI is InChI=1S/C25H36ClIOSi/c1-8-20-9-11-21(12-10-20)13-22-15-25(27)23(14-24(22)26)16-28-29(17(2)3,18(4)5)19(6)7/h9-12,14-15,17-19H,8,13,16H2,1-7H3. The first-order chi connectivity index (χ1) is 13.6. The molecule has 0 radical (unpaired) electrons. The minimum atomic E-state index is -1.88. The molecule has 29 heavy (non-hydrogen) atoms. The zero-order chi connectivity index (χ0) is 21.8. The highest BCUT2D eigenvalue weighted by atomic mass is 127. The van der Waals surface area contributed by atoms with Crippen molar-refractivity contribution in [1.29, 1.82) is 0 Å². The van der Waals surface area contributed by atoms with Crippen LogP contribution in [0.4, 0.5) is 0 Å². The summed E-state index contributed by atoms with van der Waals surface area (Å²) >= 11 is 9.14. The second kappa shape index (κ2) is 10.8. The maximum atomic E-state index is 6.80. The summed E-state index contributed by atoms with van der Waals surface area (Å²) in [6.45, 7) is 16.8. The van der Waals surface area contributed by atoms with Crippen LogP contribution in [0.25, 0.3) is 0 Å². The zero-order valence-corrected chi connectivity index (χ0v) is 22.9. The van der Waals surface area contributed by atoms with Gasteiger partial charge in [0.2, 0.25) is 8.32 Å². The van der Waals surface area contributed by atoms with Crippen LogP contribution in [0, 0.1) is 3.57 Å². The van der Waals surface area contributed by atoms with Gasteiger partial charge in [-0.3, -0.25) is 0 Å². The van der Waals surface area contributed by atoms with Crippen LogP contribution in [-0.4, -0.2) is 8.32 Å². The van der Waals surface area contributed by atoms with Crippen LogP contribution in [0.3, 0.4) is 0 Å². The van der Waals surface area contributed by atoms with Gasteiger partial charge in [0.1, 0.15) is 0 Å². The SMILES string of the molecule is CCc1ccc(Cc2cc(I)c(CO[Si](C(C)C)(C(C)C)C(C)C)cc2Cl)cc1. The first-order valence-corrected chi connectivity index (χ1v) is 14.4. The minimum absolute atomic E-state index is 0.584. The molecule has 2 rings (SSSR count). The van der Waals surface area contributed by atoms with Crippen molar-refractivity contribution >= 4 is 42.5 Å². The van der Waals surface area contributed by atoms with Crippen molar-refractivity contribution in [3.05, 3.63) is 67.2 Å². The highest BCUT2D eigenvalue weighted by Gasteiger charge is 2.45. The summed E-state index contributed by atoms with van der Waals surface area (Å²) in [6, 6.07) is 13.2. The monoisotopic (exact) mass is 542 g/mol. The van der Waals surface area contributed by atoms with Gasteiger partial charge in [-0.2, -0.15) is 0 Å². The summed E-state index contributed by atoms with van der Waals surface area (Å²) in [5.41, 5.74) is 6.82. The summed E-state index contributed by atoms with van der Waals surface area (Å²) in [7, 11) is -1.88. The summed E-state index contributed by atoms with van der Waals surface area (Å²) < 4.78 is 8.04. The molecule has 0 bridgehead atoms. The van der Waals surface area contributed by atoms with Crippen LogP contribution in [0.15, 0.2) is 36.4 Å². The van der Waals surface area contributed by atoms with Gasteiger partial charge in [-0.25, -0.2) is 0 Å². The highest BCUT2D eigenvalue weighted by molar-refractivity contribution is 14.1. The molecule has 160 valence electrons. The average Bonchev–Trinajstić information content (AvgIpc) is 2.65. The summed E-state index contributed by atoms with van der Waals surface area (Å²) in [5, 5.41) is 0.842. The Kier molecular flexibility index (Phi) is 9.26. The second-order valence-electron chi connectivity index (χ2n) is 8.99. The van der Waals surface area contributed by atoms with Crippen LogP contribution in [0.2, 0.25) is 21.6 Å². The van der Waals surface area contributed by atoms with Gasteiger partial charge < -0.3 is 4.43 Å². The predicted octanol–water partition coefficient (Wildman–Crippen LogP) is 8.79. The Bertz CT molecular complexity index is 777. The molecule has 0 aromatic heterocycles. The Labute approximate surface area is 197 Å². The average molecular weight is 543 g/mol. The van der Waals surface area contributed by atoms with Gasteiger partial charge in [-0.1, -0.05) is 84.3 Å². The van der Waals surface area contributed by atoms with E-state index in [9.17, 15) is 0 Å². The van der Waals surface area contributed by atoms with Gasteiger partial charge in [0.05, 0.1) is 6.61 Å². The van der Waals surface area contributed by atoms with Crippen LogP contribution in [0.5, 0.6) is 0 Å². The summed E-state index contributed by atoms with van der Waals surface area (Å²) in [6.07, 6.45) is 1.93. The van der Waals surface area contributed by atoms with E-state index in [1.165, 1.54) is 25.8 Å². The van der Waals surface area contributed by atoms with Gasteiger partial charge in [0.25, 0.3) is 0 Å². The molecule has 0 N–H and O–H groups in total. The predicted molar refractivity (Wildman–Crippen MR) is 139 cm³/mol. The third-order valence-electron chi connectivity index (χ3n) is 6.23. The molecule has 0 amide bonds. The Morgan fingerprint density at radius 2 is 1.38 bits per heavy atom. The van der Waals surface area contributed by atoms with Crippen molar-refractivity contribution < 1.29 is 4.43 Å². The number of hydrogen-bond acceptors (Lipinski definition) is 1. The number of hydrogen-bond donors (Lipinski definition) is 0. The third kappa shape index (κ3) is 5.87. The van der Waals surface area contributed by atoms with E-state index < -0.39 is 8.32 Å². The van der Waals surface area contributed by atoms with Crippen LogP contribution >= 0.6 is 34.2 Å². The molecule has 0 unspecified atom stereocenters. The Morgan fingerprint density at radius 3 is 1.86 bits per heavy atom. The number of benzene rings is 2. The Morgan fingerprint density at radius 1 is 0.862 bits per heavy atom. The molecule has 0 aliphatic rings. The Hall–Kier alpha value is -0.363. The lowest BCUT2D eigenvalue weighted by Gasteiger charge is -2.42. The van der Waals surface area contributed by atoms with Crippen molar-refractivity contribution in [3.8, 4) is 0 Å². The molecule has 2 aromatic rings. The number of aryl methyl sites for hydroxylation is 1. The van der Waals surface area contributed by atoms with E-state index in [2.05, 4.69) is 107 Å². The molecule has 0 aliphatic carbocycles. The molecule has 1 nitrogen and oxygen atoms in total. The van der Waals surface area contributed by atoms with E-state index in [0.717, 1.165) is 17.9 Å². The molecule has 0 saturated carbocycles. The molecule has 0 saturated heterocycles. The van der Waals surface area contributed by atoms with E-state index in [1.54, 1.807) is 0 Å². The molecule has 0 heterocycles. The minimum Gasteiger partial charge on any atom is -0.412 e. The number of rotatable bonds is 9. The molecule has 2 aromatic carbocycles. The van der Waals surface area contributed by atoms with Gasteiger partial charge in [-0.05, 0) is 86.4 Å². The quantitative estimate of drug-likeness (QED) is 0.227.